The molecule has 0 heterocycles. The van der Waals surface area contributed by atoms with Crippen LogP contribution in [-0.4, -0.2) is 19.3 Å². The molecule has 1 aliphatic rings. The van der Waals surface area contributed by atoms with Crippen molar-refractivity contribution in [1.29, 1.82) is 0 Å². The Morgan fingerprint density at radius 3 is 2.00 bits per heavy atom. The van der Waals surface area contributed by atoms with Gasteiger partial charge in [0.2, 0.25) is 0 Å². The molecule has 1 fully saturated rings. The van der Waals surface area contributed by atoms with Crippen LogP contribution in [-0.2, 0) is 9.57 Å². The van der Waals surface area contributed by atoms with Crippen molar-refractivity contribution in [2.24, 2.45) is 5.90 Å². The van der Waals surface area contributed by atoms with Gasteiger partial charge in [0.15, 0.2) is 0 Å². The summed E-state index contributed by atoms with van der Waals surface area (Å²) in [5, 5.41) is 0. The average Bonchev–Trinajstić information content (AvgIpc) is 2.05. The molecule has 0 unspecified atom stereocenters. The highest BCUT2D eigenvalue weighted by molar-refractivity contribution is 4.71. The molecule has 0 aromatic heterocycles. The van der Waals surface area contributed by atoms with Gasteiger partial charge in [-0.1, -0.05) is 0 Å². The molecule has 0 spiro atoms. The molecule has 0 atom stereocenters. The largest absolute Gasteiger partial charge is 0.381 e. The van der Waals surface area contributed by atoms with Crippen LogP contribution in [0.5, 0.6) is 0 Å². The molecule has 0 radical (unpaired) electrons. The Morgan fingerprint density at radius 1 is 1.10 bits per heavy atom. The van der Waals surface area contributed by atoms with E-state index in [0.29, 0.717) is 6.10 Å². The van der Waals surface area contributed by atoms with Crippen LogP contribution in [0.3, 0.4) is 0 Å². The zero-order chi connectivity index (χ0) is 7.40. The molecule has 0 aromatic carbocycles. The van der Waals surface area contributed by atoms with E-state index in [1.54, 1.807) is 7.11 Å². The van der Waals surface area contributed by atoms with E-state index < -0.39 is 0 Å². The maximum atomic E-state index is 5.19. The predicted molar refractivity (Wildman–Crippen MR) is 38.3 cm³/mol. The summed E-state index contributed by atoms with van der Waals surface area (Å²) in [4.78, 5) is 4.73. The number of ether oxygens (including phenoxy) is 1. The summed E-state index contributed by atoms with van der Waals surface area (Å²) < 4.78 is 5.19. The van der Waals surface area contributed by atoms with E-state index in [4.69, 9.17) is 15.5 Å². The normalized spacial score (nSPS) is 34.2. The molecule has 3 nitrogen and oxygen atoms in total. The first-order valence-electron chi connectivity index (χ1n) is 3.75. The summed E-state index contributed by atoms with van der Waals surface area (Å²) in [5.41, 5.74) is 0. The Hall–Kier alpha value is -0.120. The summed E-state index contributed by atoms with van der Waals surface area (Å²) in [5.74, 6) is 5.05. The zero-order valence-corrected chi connectivity index (χ0v) is 6.38. The van der Waals surface area contributed by atoms with Gasteiger partial charge in [-0.25, -0.2) is 5.90 Å². The van der Waals surface area contributed by atoms with E-state index in [-0.39, 0.29) is 6.10 Å². The fraction of sp³-hybridized carbons (Fsp3) is 1.00. The van der Waals surface area contributed by atoms with Crippen molar-refractivity contribution in [1.82, 2.24) is 0 Å². The molecule has 0 aromatic rings. The van der Waals surface area contributed by atoms with Gasteiger partial charge in [0.25, 0.3) is 0 Å². The zero-order valence-electron chi connectivity index (χ0n) is 6.38. The van der Waals surface area contributed by atoms with Crippen LogP contribution >= 0.6 is 0 Å². The Bertz CT molecular complexity index is 77.6. The minimum Gasteiger partial charge on any atom is -0.381 e. The van der Waals surface area contributed by atoms with Crippen molar-refractivity contribution < 1.29 is 9.57 Å². The third kappa shape index (κ3) is 1.94. The van der Waals surface area contributed by atoms with E-state index >= 15 is 0 Å². The monoisotopic (exact) mass is 145 g/mol. The highest BCUT2D eigenvalue weighted by Gasteiger charge is 2.20. The minimum absolute atomic E-state index is 0.270. The van der Waals surface area contributed by atoms with Crippen LogP contribution < -0.4 is 5.90 Å². The van der Waals surface area contributed by atoms with Gasteiger partial charge >= 0.3 is 0 Å². The molecule has 1 aliphatic carbocycles. The van der Waals surface area contributed by atoms with Gasteiger partial charge < -0.3 is 9.57 Å². The molecule has 0 saturated heterocycles. The molecule has 1 rings (SSSR count). The summed E-state index contributed by atoms with van der Waals surface area (Å²) in [7, 11) is 1.76. The molecule has 60 valence electrons. The lowest BCUT2D eigenvalue weighted by Crippen LogP contribution is -2.27. The fourth-order valence-electron chi connectivity index (χ4n) is 1.40. The second-order valence-corrected chi connectivity index (χ2v) is 2.77. The van der Waals surface area contributed by atoms with E-state index in [9.17, 15) is 0 Å². The van der Waals surface area contributed by atoms with Gasteiger partial charge in [-0.15, -0.1) is 0 Å². The number of nitrogens with two attached hydrogens (primary N) is 1. The average molecular weight is 145 g/mol. The molecular weight excluding hydrogens is 130 g/mol. The van der Waals surface area contributed by atoms with Crippen molar-refractivity contribution >= 4 is 0 Å². The van der Waals surface area contributed by atoms with Crippen LogP contribution in [0.2, 0.25) is 0 Å². The van der Waals surface area contributed by atoms with Crippen molar-refractivity contribution in [3.63, 3.8) is 0 Å². The molecular formula is C7H15NO2. The number of rotatable bonds is 2. The lowest BCUT2D eigenvalue weighted by molar-refractivity contribution is -0.0172. The van der Waals surface area contributed by atoms with E-state index in [0.717, 1.165) is 25.7 Å². The Balaban J connectivity index is 2.17. The van der Waals surface area contributed by atoms with E-state index in [2.05, 4.69) is 0 Å². The first-order valence-corrected chi connectivity index (χ1v) is 3.75. The fourth-order valence-corrected chi connectivity index (χ4v) is 1.40. The van der Waals surface area contributed by atoms with Gasteiger partial charge in [-0.05, 0) is 25.7 Å². The first kappa shape index (κ1) is 7.98. The van der Waals surface area contributed by atoms with Gasteiger partial charge in [0, 0.05) is 7.11 Å². The number of methoxy groups -OCH3 is 1. The summed E-state index contributed by atoms with van der Waals surface area (Å²) in [6, 6.07) is 0. The van der Waals surface area contributed by atoms with Crippen LogP contribution in [0.4, 0.5) is 0 Å². The van der Waals surface area contributed by atoms with Crippen molar-refractivity contribution in [2.45, 2.75) is 37.9 Å². The lowest BCUT2D eigenvalue weighted by Gasteiger charge is -2.25. The first-order chi connectivity index (χ1) is 4.86. The Kier molecular flexibility index (Phi) is 3.12. The highest BCUT2D eigenvalue weighted by Crippen LogP contribution is 2.21. The van der Waals surface area contributed by atoms with Crippen LogP contribution in [0.15, 0.2) is 0 Å². The van der Waals surface area contributed by atoms with E-state index in [1.807, 2.05) is 0 Å². The van der Waals surface area contributed by atoms with E-state index in [1.165, 1.54) is 0 Å². The number of hydrogen-bond donors (Lipinski definition) is 1. The smallest absolute Gasteiger partial charge is 0.0789 e. The lowest BCUT2D eigenvalue weighted by atomic mass is 9.95. The minimum atomic E-state index is 0.270. The molecule has 3 heteroatoms. The van der Waals surface area contributed by atoms with Crippen molar-refractivity contribution in [2.75, 3.05) is 7.11 Å². The maximum Gasteiger partial charge on any atom is 0.0789 e. The third-order valence-corrected chi connectivity index (χ3v) is 2.15. The molecule has 10 heavy (non-hydrogen) atoms. The van der Waals surface area contributed by atoms with Crippen LogP contribution in [0, 0.1) is 0 Å². The van der Waals surface area contributed by atoms with Gasteiger partial charge in [0.05, 0.1) is 12.2 Å². The van der Waals surface area contributed by atoms with Crippen LogP contribution in [0.25, 0.3) is 0 Å². The van der Waals surface area contributed by atoms with Gasteiger partial charge in [0.1, 0.15) is 0 Å². The SMILES string of the molecule is COC1CCC(ON)CC1. The molecule has 2 N–H and O–H groups in total. The van der Waals surface area contributed by atoms with Gasteiger partial charge in [-0.2, -0.15) is 0 Å². The highest BCUT2D eigenvalue weighted by atomic mass is 16.6. The standard InChI is InChI=1S/C7H15NO2/c1-9-6-2-4-7(10-8)5-3-6/h6-7H,2-5,8H2,1H3. The number of hydrogen-bond acceptors (Lipinski definition) is 3. The topological polar surface area (TPSA) is 44.5 Å². The molecule has 0 aliphatic heterocycles. The second-order valence-electron chi connectivity index (χ2n) is 2.77. The predicted octanol–water partition coefficient (Wildman–Crippen LogP) is 0.834. The Labute approximate surface area is 61.4 Å². The van der Waals surface area contributed by atoms with Crippen molar-refractivity contribution in [3.8, 4) is 0 Å². The third-order valence-electron chi connectivity index (χ3n) is 2.15. The summed E-state index contributed by atoms with van der Waals surface area (Å²) in [6.07, 6.45) is 4.94. The molecule has 0 bridgehead atoms. The quantitative estimate of drug-likeness (QED) is 0.585. The van der Waals surface area contributed by atoms with Crippen molar-refractivity contribution in [3.05, 3.63) is 0 Å². The van der Waals surface area contributed by atoms with Crippen LogP contribution in [0.1, 0.15) is 25.7 Å². The Morgan fingerprint density at radius 2 is 1.60 bits per heavy atom. The summed E-state index contributed by atoms with van der Waals surface area (Å²) >= 11 is 0. The maximum absolute atomic E-state index is 5.19. The second kappa shape index (κ2) is 3.91. The summed E-state index contributed by atoms with van der Waals surface area (Å²) in [6.45, 7) is 0. The van der Waals surface area contributed by atoms with Gasteiger partial charge in [-0.3, -0.25) is 0 Å². The molecule has 1 saturated carbocycles. The molecule has 0 amide bonds.